The monoisotopic (exact) mass is 208 g/mol. The van der Waals surface area contributed by atoms with Gasteiger partial charge in [-0.05, 0) is 22.8 Å². The fourth-order valence-electron chi connectivity index (χ4n) is 1.52. The molecule has 0 unspecified atom stereocenters. The van der Waals surface area contributed by atoms with Crippen molar-refractivity contribution in [2.75, 3.05) is 0 Å². The van der Waals surface area contributed by atoms with Gasteiger partial charge in [0.25, 0.3) is 0 Å². The Morgan fingerprint density at radius 1 is 0.933 bits per heavy atom. The first kappa shape index (κ1) is 11.6. The highest BCUT2D eigenvalue weighted by atomic mass is 16.1. The third kappa shape index (κ3) is 2.33. The number of hydrogen-bond acceptors (Lipinski definition) is 4. The highest BCUT2D eigenvalue weighted by molar-refractivity contribution is 5.94. The van der Waals surface area contributed by atoms with E-state index in [1.54, 1.807) is 12.1 Å². The van der Waals surface area contributed by atoms with Crippen molar-refractivity contribution in [1.29, 1.82) is 0 Å². The molecule has 5 heteroatoms. The summed E-state index contributed by atoms with van der Waals surface area (Å²) in [6.07, 6.45) is 0. The maximum Gasteiger partial charge on any atom is 0.249 e. The van der Waals surface area contributed by atoms with Crippen LogP contribution in [0.1, 0.15) is 27.0 Å². The summed E-state index contributed by atoms with van der Waals surface area (Å²) in [6, 6.07) is 3.47. The Kier molecular flexibility index (Phi) is 3.79. The van der Waals surface area contributed by atoms with Gasteiger partial charge in [-0.15, -0.1) is 0 Å². The van der Waals surface area contributed by atoms with E-state index >= 15 is 0 Å². The summed E-state index contributed by atoms with van der Waals surface area (Å²) in [7, 11) is 0. The van der Waals surface area contributed by atoms with Gasteiger partial charge in [0, 0.05) is 25.2 Å². The van der Waals surface area contributed by atoms with Crippen molar-refractivity contribution < 1.29 is 4.79 Å². The average Bonchev–Trinajstić information content (AvgIpc) is 2.26. The second-order valence-electron chi connectivity index (χ2n) is 3.25. The van der Waals surface area contributed by atoms with Crippen LogP contribution in [0.15, 0.2) is 12.1 Å². The number of benzene rings is 1. The number of rotatable bonds is 4. The third-order valence-corrected chi connectivity index (χ3v) is 2.35. The normalized spacial score (nSPS) is 10.3. The topological polar surface area (TPSA) is 121 Å². The van der Waals surface area contributed by atoms with Crippen LogP contribution >= 0.6 is 0 Å². The zero-order valence-electron chi connectivity index (χ0n) is 8.49. The van der Waals surface area contributed by atoms with Crippen molar-refractivity contribution in [2.24, 2.45) is 22.9 Å². The van der Waals surface area contributed by atoms with Crippen LogP contribution in [-0.2, 0) is 19.6 Å². The van der Waals surface area contributed by atoms with Crippen LogP contribution in [0.4, 0.5) is 0 Å². The lowest BCUT2D eigenvalue weighted by Gasteiger charge is -2.11. The van der Waals surface area contributed by atoms with Crippen LogP contribution in [0, 0.1) is 0 Å². The van der Waals surface area contributed by atoms with Crippen molar-refractivity contribution in [1.82, 2.24) is 0 Å². The highest BCUT2D eigenvalue weighted by Crippen LogP contribution is 2.16. The lowest BCUT2D eigenvalue weighted by atomic mass is 9.98. The lowest BCUT2D eigenvalue weighted by molar-refractivity contribution is 0.0999. The van der Waals surface area contributed by atoms with E-state index in [0.29, 0.717) is 24.2 Å². The molecule has 82 valence electrons. The molecule has 0 saturated heterocycles. The molecule has 1 aromatic rings. The molecule has 0 aromatic heterocycles. The van der Waals surface area contributed by atoms with E-state index in [0.717, 1.165) is 11.1 Å². The molecule has 0 saturated carbocycles. The Bertz CT molecular complexity index is 376. The number of amides is 1. The van der Waals surface area contributed by atoms with Gasteiger partial charge in [-0.3, -0.25) is 4.79 Å². The summed E-state index contributed by atoms with van der Waals surface area (Å²) < 4.78 is 0. The quantitative estimate of drug-likeness (QED) is 0.515. The van der Waals surface area contributed by atoms with Gasteiger partial charge in [-0.25, -0.2) is 0 Å². The van der Waals surface area contributed by atoms with Crippen molar-refractivity contribution >= 4 is 5.91 Å². The van der Waals surface area contributed by atoms with Crippen LogP contribution < -0.4 is 22.9 Å². The average molecular weight is 208 g/mol. The van der Waals surface area contributed by atoms with Gasteiger partial charge in [0.2, 0.25) is 5.91 Å². The van der Waals surface area contributed by atoms with Gasteiger partial charge in [-0.1, -0.05) is 6.07 Å². The molecule has 1 rings (SSSR count). The number of carbonyl (C=O) groups excluding carboxylic acids is 1. The van der Waals surface area contributed by atoms with E-state index in [9.17, 15) is 4.79 Å². The molecule has 0 atom stereocenters. The summed E-state index contributed by atoms with van der Waals surface area (Å²) in [5, 5.41) is 0. The minimum Gasteiger partial charge on any atom is -0.366 e. The van der Waals surface area contributed by atoms with Gasteiger partial charge in [0.05, 0.1) is 0 Å². The number of primary amides is 1. The summed E-state index contributed by atoms with van der Waals surface area (Å²) in [5.41, 5.74) is 24.8. The molecule has 0 spiro atoms. The lowest BCUT2D eigenvalue weighted by Crippen LogP contribution is -2.18. The van der Waals surface area contributed by atoms with Gasteiger partial charge < -0.3 is 22.9 Å². The first-order valence-electron chi connectivity index (χ1n) is 4.68. The first-order chi connectivity index (χ1) is 7.13. The van der Waals surface area contributed by atoms with Crippen LogP contribution in [0.3, 0.4) is 0 Å². The molecule has 15 heavy (non-hydrogen) atoms. The van der Waals surface area contributed by atoms with Crippen molar-refractivity contribution in [3.05, 3.63) is 34.4 Å². The molecular weight excluding hydrogens is 192 g/mol. The molecule has 1 aromatic carbocycles. The van der Waals surface area contributed by atoms with E-state index in [1.165, 1.54) is 0 Å². The molecule has 0 heterocycles. The Morgan fingerprint density at radius 3 is 1.80 bits per heavy atom. The molecule has 0 aliphatic carbocycles. The maximum absolute atomic E-state index is 11.1. The summed E-state index contributed by atoms with van der Waals surface area (Å²) >= 11 is 0. The SMILES string of the molecule is NCc1cc(CN)c(C(N)=O)cc1CN. The van der Waals surface area contributed by atoms with E-state index in [2.05, 4.69) is 0 Å². The molecule has 5 nitrogen and oxygen atoms in total. The van der Waals surface area contributed by atoms with Crippen LogP contribution in [0.5, 0.6) is 0 Å². The van der Waals surface area contributed by atoms with Gasteiger partial charge in [0.15, 0.2) is 0 Å². The molecule has 1 amide bonds. The van der Waals surface area contributed by atoms with E-state index < -0.39 is 5.91 Å². The fourth-order valence-corrected chi connectivity index (χ4v) is 1.52. The third-order valence-electron chi connectivity index (χ3n) is 2.35. The smallest absolute Gasteiger partial charge is 0.249 e. The van der Waals surface area contributed by atoms with Gasteiger partial charge in [-0.2, -0.15) is 0 Å². The minimum atomic E-state index is -0.492. The Hall–Kier alpha value is -1.43. The predicted octanol–water partition coefficient (Wildman–Crippen LogP) is -0.838. The van der Waals surface area contributed by atoms with Crippen LogP contribution in [0.2, 0.25) is 0 Å². The Labute approximate surface area is 88.4 Å². The van der Waals surface area contributed by atoms with Gasteiger partial charge in [0.1, 0.15) is 0 Å². The Balaban J connectivity index is 3.34. The number of hydrogen-bond donors (Lipinski definition) is 4. The molecule has 0 aliphatic heterocycles. The largest absolute Gasteiger partial charge is 0.366 e. The fraction of sp³-hybridized carbons (Fsp3) is 0.300. The second-order valence-corrected chi connectivity index (χ2v) is 3.25. The van der Waals surface area contributed by atoms with Crippen LogP contribution in [0.25, 0.3) is 0 Å². The Morgan fingerprint density at radius 2 is 1.40 bits per heavy atom. The predicted molar refractivity (Wildman–Crippen MR) is 58.6 cm³/mol. The zero-order valence-corrected chi connectivity index (χ0v) is 8.49. The molecule has 0 aliphatic rings. The van der Waals surface area contributed by atoms with Crippen molar-refractivity contribution in [2.45, 2.75) is 19.6 Å². The zero-order chi connectivity index (χ0) is 11.4. The van der Waals surface area contributed by atoms with E-state index in [1.807, 2.05) is 0 Å². The second kappa shape index (κ2) is 4.88. The number of carbonyl (C=O) groups is 1. The summed E-state index contributed by atoms with van der Waals surface area (Å²) in [5.74, 6) is -0.492. The number of nitrogens with two attached hydrogens (primary N) is 4. The van der Waals surface area contributed by atoms with E-state index in [-0.39, 0.29) is 6.54 Å². The van der Waals surface area contributed by atoms with Crippen molar-refractivity contribution in [3.63, 3.8) is 0 Å². The molecule has 0 bridgehead atoms. The molecule has 8 N–H and O–H groups in total. The van der Waals surface area contributed by atoms with E-state index in [4.69, 9.17) is 22.9 Å². The molecule has 0 fully saturated rings. The van der Waals surface area contributed by atoms with Gasteiger partial charge >= 0.3 is 0 Å². The standard InChI is InChI=1S/C10H16N4O/c11-3-6-1-8(5-13)9(10(14)15)2-7(6)4-12/h1-2H,3-5,11-13H2,(H2,14,15). The first-order valence-corrected chi connectivity index (χ1v) is 4.68. The van der Waals surface area contributed by atoms with Crippen LogP contribution in [-0.4, -0.2) is 5.91 Å². The van der Waals surface area contributed by atoms with Crippen molar-refractivity contribution in [3.8, 4) is 0 Å². The maximum atomic E-state index is 11.1. The summed E-state index contributed by atoms with van der Waals surface area (Å²) in [6.45, 7) is 0.965. The molecule has 0 radical (unpaired) electrons. The molecular formula is C10H16N4O. The summed E-state index contributed by atoms with van der Waals surface area (Å²) in [4.78, 5) is 11.1. The highest BCUT2D eigenvalue weighted by Gasteiger charge is 2.11. The minimum absolute atomic E-state index is 0.260.